The summed E-state index contributed by atoms with van der Waals surface area (Å²) in [5, 5.41) is 0.168. The number of rotatable bonds is 5. The molecule has 156 valence electrons. The lowest BCUT2D eigenvalue weighted by Crippen LogP contribution is -2.48. The summed E-state index contributed by atoms with van der Waals surface area (Å²) in [4.78, 5) is -0.166. The summed E-state index contributed by atoms with van der Waals surface area (Å²) in [7, 11) is -4.44. The summed E-state index contributed by atoms with van der Waals surface area (Å²) < 4.78 is 83.5. The van der Waals surface area contributed by atoms with Crippen molar-refractivity contribution >= 4 is 20.9 Å². The lowest BCUT2D eigenvalue weighted by atomic mass is 10.1. The second-order valence-corrected chi connectivity index (χ2v) is 8.73. The molecular formula is C20H20F4N2O2S. The first kappa shape index (κ1) is 21.3. The van der Waals surface area contributed by atoms with Gasteiger partial charge in [-0.2, -0.15) is 17.9 Å². The fourth-order valence-corrected chi connectivity index (χ4v) is 5.25. The molecule has 0 bridgehead atoms. The average Bonchev–Trinajstić information content (AvgIpc) is 2.96. The lowest BCUT2D eigenvalue weighted by Gasteiger charge is -2.24. The highest BCUT2D eigenvalue weighted by Gasteiger charge is 2.43. The van der Waals surface area contributed by atoms with Crippen LogP contribution >= 0.6 is 0 Å². The van der Waals surface area contributed by atoms with Crippen LogP contribution in [0.3, 0.4) is 0 Å². The van der Waals surface area contributed by atoms with Crippen LogP contribution in [0.4, 0.5) is 17.6 Å². The van der Waals surface area contributed by atoms with Gasteiger partial charge in [0.1, 0.15) is 11.9 Å². The van der Waals surface area contributed by atoms with Crippen LogP contribution in [0.25, 0.3) is 10.9 Å². The molecule has 0 fully saturated rings. The van der Waals surface area contributed by atoms with E-state index in [0.717, 1.165) is 5.56 Å². The van der Waals surface area contributed by atoms with Crippen molar-refractivity contribution < 1.29 is 26.0 Å². The molecule has 1 atom stereocenters. The third-order valence-electron chi connectivity index (χ3n) is 4.71. The smallest absolute Gasteiger partial charge is 0.345 e. The van der Waals surface area contributed by atoms with Crippen LogP contribution in [-0.2, 0) is 16.6 Å². The van der Waals surface area contributed by atoms with E-state index in [1.54, 1.807) is 37.6 Å². The van der Waals surface area contributed by atoms with Crippen LogP contribution in [0, 0.1) is 26.6 Å². The highest BCUT2D eigenvalue weighted by molar-refractivity contribution is 7.89. The average molecular weight is 428 g/mol. The standard InChI is InChI=1S/C20H20F4N2O2S/c1-12-9-13(2)19(14(3)10-12)29(27,28)25-18(20(22,23)24)11-26-8-7-15-16(21)5-4-6-17(15)26/h4-10,18,25H,11H2,1-3H3. The quantitative estimate of drug-likeness (QED) is 0.603. The third-order valence-corrected chi connectivity index (χ3v) is 6.48. The van der Waals surface area contributed by atoms with Gasteiger partial charge in [0.05, 0.1) is 10.4 Å². The number of sulfonamides is 1. The predicted molar refractivity (Wildman–Crippen MR) is 103 cm³/mol. The molecule has 0 aliphatic heterocycles. The summed E-state index contributed by atoms with van der Waals surface area (Å²) in [5.41, 5.74) is 1.79. The van der Waals surface area contributed by atoms with Crippen molar-refractivity contribution in [3.63, 3.8) is 0 Å². The Morgan fingerprint density at radius 3 is 2.28 bits per heavy atom. The van der Waals surface area contributed by atoms with Crippen molar-refractivity contribution in [2.45, 2.75) is 44.4 Å². The molecule has 4 nitrogen and oxygen atoms in total. The predicted octanol–water partition coefficient (Wildman–Crippen LogP) is 4.62. The van der Waals surface area contributed by atoms with Gasteiger partial charge in [0, 0.05) is 18.1 Å². The maximum atomic E-state index is 13.8. The maximum Gasteiger partial charge on any atom is 0.406 e. The largest absolute Gasteiger partial charge is 0.406 e. The first-order chi connectivity index (χ1) is 13.4. The number of nitrogens with one attached hydrogen (secondary N) is 1. The monoisotopic (exact) mass is 428 g/mol. The molecule has 0 saturated carbocycles. The van der Waals surface area contributed by atoms with Crippen molar-refractivity contribution in [1.82, 2.24) is 9.29 Å². The van der Waals surface area contributed by atoms with E-state index in [1.165, 1.54) is 35.0 Å². The Labute approximate surface area is 166 Å². The topological polar surface area (TPSA) is 51.1 Å². The van der Waals surface area contributed by atoms with Crippen molar-refractivity contribution in [3.05, 3.63) is 65.1 Å². The Morgan fingerprint density at radius 1 is 1.07 bits per heavy atom. The molecule has 0 aliphatic carbocycles. The first-order valence-corrected chi connectivity index (χ1v) is 10.3. The summed E-state index contributed by atoms with van der Waals surface area (Å²) in [5.74, 6) is -0.559. The molecule has 1 heterocycles. The minimum atomic E-state index is -4.84. The van der Waals surface area contributed by atoms with Crippen LogP contribution in [0.5, 0.6) is 0 Å². The molecule has 1 unspecified atom stereocenters. The molecule has 0 radical (unpaired) electrons. The fraction of sp³-hybridized carbons (Fsp3) is 0.300. The molecule has 1 N–H and O–H groups in total. The van der Waals surface area contributed by atoms with Gasteiger partial charge in [0.25, 0.3) is 0 Å². The molecule has 3 rings (SSSR count). The van der Waals surface area contributed by atoms with Crippen LogP contribution in [0.1, 0.15) is 16.7 Å². The SMILES string of the molecule is Cc1cc(C)c(S(=O)(=O)NC(Cn2ccc3c(F)cccc32)C(F)(F)F)c(C)c1. The first-order valence-electron chi connectivity index (χ1n) is 8.80. The van der Waals surface area contributed by atoms with Crippen LogP contribution in [0.15, 0.2) is 47.5 Å². The van der Waals surface area contributed by atoms with Gasteiger partial charge in [-0.15, -0.1) is 0 Å². The highest BCUT2D eigenvalue weighted by Crippen LogP contribution is 2.28. The van der Waals surface area contributed by atoms with E-state index < -0.39 is 34.6 Å². The Bertz CT molecular complexity index is 1140. The van der Waals surface area contributed by atoms with E-state index in [9.17, 15) is 26.0 Å². The maximum absolute atomic E-state index is 13.8. The minimum Gasteiger partial charge on any atom is -0.345 e. The Hall–Kier alpha value is -2.39. The number of halogens is 4. The number of fused-ring (bicyclic) bond motifs is 1. The van der Waals surface area contributed by atoms with E-state index in [-0.39, 0.29) is 15.8 Å². The van der Waals surface area contributed by atoms with Crippen LogP contribution in [0.2, 0.25) is 0 Å². The summed E-state index contributed by atoms with van der Waals surface area (Å²) >= 11 is 0. The molecule has 0 spiro atoms. The molecule has 9 heteroatoms. The molecule has 1 aromatic heterocycles. The Morgan fingerprint density at radius 2 is 1.69 bits per heavy atom. The number of nitrogens with zero attached hydrogens (tertiary/aromatic N) is 1. The zero-order chi connectivity index (χ0) is 21.6. The van der Waals surface area contributed by atoms with Crippen molar-refractivity contribution in [3.8, 4) is 0 Å². The van der Waals surface area contributed by atoms with Gasteiger partial charge >= 0.3 is 6.18 Å². The number of benzene rings is 2. The van der Waals surface area contributed by atoms with Crippen molar-refractivity contribution in [1.29, 1.82) is 0 Å². The molecular weight excluding hydrogens is 408 g/mol. The molecule has 29 heavy (non-hydrogen) atoms. The lowest BCUT2D eigenvalue weighted by molar-refractivity contribution is -0.154. The minimum absolute atomic E-state index is 0.166. The second kappa shape index (κ2) is 7.46. The van der Waals surface area contributed by atoms with Crippen LogP contribution < -0.4 is 4.72 Å². The van der Waals surface area contributed by atoms with Gasteiger partial charge in [0.2, 0.25) is 10.0 Å². The zero-order valence-corrected chi connectivity index (χ0v) is 16.8. The molecule has 0 aliphatic rings. The number of aromatic nitrogens is 1. The normalized spacial score (nSPS) is 13.8. The van der Waals surface area contributed by atoms with Gasteiger partial charge in [-0.1, -0.05) is 23.8 Å². The highest BCUT2D eigenvalue weighted by atomic mass is 32.2. The van der Waals surface area contributed by atoms with Gasteiger partial charge < -0.3 is 4.57 Å². The molecule has 0 amide bonds. The number of alkyl halides is 3. The van der Waals surface area contributed by atoms with Crippen molar-refractivity contribution in [2.24, 2.45) is 0 Å². The molecule has 0 saturated heterocycles. The number of hydrogen-bond donors (Lipinski definition) is 1. The Balaban J connectivity index is 1.99. The third kappa shape index (κ3) is 4.30. The zero-order valence-electron chi connectivity index (χ0n) is 16.0. The van der Waals surface area contributed by atoms with E-state index in [1.807, 2.05) is 0 Å². The van der Waals surface area contributed by atoms with E-state index in [0.29, 0.717) is 11.1 Å². The molecule has 3 aromatic rings. The summed E-state index contributed by atoms with van der Waals surface area (Å²) in [6, 6.07) is 6.26. The second-order valence-electron chi connectivity index (χ2n) is 7.08. The summed E-state index contributed by atoms with van der Waals surface area (Å²) in [6.45, 7) is 4.14. The van der Waals surface area contributed by atoms with Gasteiger partial charge in [-0.3, -0.25) is 0 Å². The van der Waals surface area contributed by atoms with Gasteiger partial charge in [-0.05, 0) is 50.1 Å². The number of aryl methyl sites for hydroxylation is 3. The molecule has 2 aromatic carbocycles. The Kier molecular flexibility index (Phi) is 5.48. The van der Waals surface area contributed by atoms with Gasteiger partial charge in [0.15, 0.2) is 0 Å². The van der Waals surface area contributed by atoms with E-state index in [2.05, 4.69) is 0 Å². The van der Waals surface area contributed by atoms with Crippen LogP contribution in [-0.4, -0.2) is 25.2 Å². The fourth-order valence-electron chi connectivity index (χ4n) is 3.59. The van der Waals surface area contributed by atoms with Crippen molar-refractivity contribution in [2.75, 3.05) is 0 Å². The summed E-state index contributed by atoms with van der Waals surface area (Å²) in [6.07, 6.45) is -3.54. The van der Waals surface area contributed by atoms with E-state index >= 15 is 0 Å². The number of hydrogen-bond acceptors (Lipinski definition) is 2. The van der Waals surface area contributed by atoms with E-state index in [4.69, 9.17) is 0 Å². The van der Waals surface area contributed by atoms with Gasteiger partial charge in [-0.25, -0.2) is 12.8 Å².